The highest BCUT2D eigenvalue weighted by molar-refractivity contribution is 5.96. The molecule has 0 aromatic heterocycles. The minimum atomic E-state index is -0.503. The number of ketones is 1. The van der Waals surface area contributed by atoms with E-state index in [4.69, 9.17) is 0 Å². The second-order valence-electron chi connectivity index (χ2n) is 6.04. The number of rotatable bonds is 1. The van der Waals surface area contributed by atoms with E-state index >= 15 is 0 Å². The van der Waals surface area contributed by atoms with Gasteiger partial charge in [0.1, 0.15) is 0 Å². The Hall–Kier alpha value is -0.890. The third-order valence-corrected chi connectivity index (χ3v) is 4.96. The molecule has 2 saturated carbocycles. The van der Waals surface area contributed by atoms with Crippen molar-refractivity contribution in [1.29, 1.82) is 0 Å². The molecule has 0 aromatic rings. The van der Waals surface area contributed by atoms with Crippen LogP contribution in [0.3, 0.4) is 0 Å². The Kier molecular flexibility index (Phi) is 3.03. The maximum atomic E-state index is 11.8. The van der Waals surface area contributed by atoms with Gasteiger partial charge < -0.3 is 5.11 Å². The van der Waals surface area contributed by atoms with Crippen molar-refractivity contribution in [2.75, 3.05) is 0 Å². The molecule has 0 amide bonds. The lowest BCUT2D eigenvalue weighted by molar-refractivity contribution is -0.129. The van der Waals surface area contributed by atoms with E-state index in [1.54, 1.807) is 0 Å². The van der Waals surface area contributed by atoms with Gasteiger partial charge in [-0.3, -0.25) is 4.79 Å². The van der Waals surface area contributed by atoms with Crippen molar-refractivity contribution in [2.45, 2.75) is 45.6 Å². The van der Waals surface area contributed by atoms with Crippen molar-refractivity contribution >= 4 is 5.78 Å². The van der Waals surface area contributed by atoms with Crippen LogP contribution in [0.5, 0.6) is 0 Å². The van der Waals surface area contributed by atoms with Gasteiger partial charge in [-0.05, 0) is 43.6 Å². The van der Waals surface area contributed by atoms with Crippen LogP contribution < -0.4 is 0 Å². The Morgan fingerprint density at radius 3 is 2.76 bits per heavy atom. The number of aliphatic hydroxyl groups is 1. The lowest BCUT2D eigenvalue weighted by atomic mass is 9.55. The first-order chi connectivity index (χ1) is 7.86. The molecule has 4 atom stereocenters. The van der Waals surface area contributed by atoms with Gasteiger partial charge in [0, 0.05) is 11.8 Å². The highest BCUT2D eigenvalue weighted by atomic mass is 16.3. The molecule has 1 unspecified atom stereocenters. The van der Waals surface area contributed by atoms with Gasteiger partial charge in [-0.15, -0.1) is 0 Å². The van der Waals surface area contributed by atoms with E-state index in [-0.39, 0.29) is 23.5 Å². The molecule has 0 aromatic carbocycles. The third-order valence-electron chi connectivity index (χ3n) is 4.96. The van der Waals surface area contributed by atoms with Gasteiger partial charge in [0.2, 0.25) is 0 Å². The summed E-state index contributed by atoms with van der Waals surface area (Å²) in [4.78, 5) is 11.8. The fourth-order valence-electron chi connectivity index (χ4n) is 3.45. The topological polar surface area (TPSA) is 37.3 Å². The quantitative estimate of drug-likeness (QED) is 0.559. The SMILES string of the molecule is C=C(C)C1CC[C@@]2(C)[C@H](O)CC(=O)C(=C)[C@@H]2C1. The van der Waals surface area contributed by atoms with Gasteiger partial charge in [0.15, 0.2) is 5.78 Å². The second-order valence-corrected chi connectivity index (χ2v) is 6.04. The molecule has 0 spiro atoms. The number of hydrogen-bond donors (Lipinski definition) is 1. The van der Waals surface area contributed by atoms with Gasteiger partial charge >= 0.3 is 0 Å². The van der Waals surface area contributed by atoms with Crippen LogP contribution in [0.25, 0.3) is 0 Å². The van der Waals surface area contributed by atoms with Crippen molar-refractivity contribution < 1.29 is 9.90 Å². The fraction of sp³-hybridized carbons (Fsp3) is 0.667. The predicted octanol–water partition coefficient (Wildman–Crippen LogP) is 2.88. The summed E-state index contributed by atoms with van der Waals surface area (Å²) in [6, 6.07) is 0. The van der Waals surface area contributed by atoms with Crippen LogP contribution in [0.15, 0.2) is 24.3 Å². The van der Waals surface area contributed by atoms with E-state index in [9.17, 15) is 9.90 Å². The molecule has 2 rings (SSSR count). The lowest BCUT2D eigenvalue weighted by Gasteiger charge is -2.50. The second kappa shape index (κ2) is 4.09. The summed E-state index contributed by atoms with van der Waals surface area (Å²) in [6.07, 6.45) is 2.71. The summed E-state index contributed by atoms with van der Waals surface area (Å²) in [5.41, 5.74) is 1.76. The summed E-state index contributed by atoms with van der Waals surface area (Å²) in [5.74, 6) is 0.652. The molecule has 0 heterocycles. The molecular weight excluding hydrogens is 212 g/mol. The lowest BCUT2D eigenvalue weighted by Crippen LogP contribution is -2.50. The zero-order valence-corrected chi connectivity index (χ0v) is 10.8. The van der Waals surface area contributed by atoms with E-state index in [0.717, 1.165) is 24.8 Å². The van der Waals surface area contributed by atoms with E-state index in [1.807, 2.05) is 0 Å². The van der Waals surface area contributed by atoms with E-state index in [2.05, 4.69) is 27.0 Å². The maximum Gasteiger partial charge on any atom is 0.161 e. The normalized spacial score (nSPS) is 42.2. The van der Waals surface area contributed by atoms with Crippen LogP contribution in [-0.2, 0) is 4.79 Å². The first-order valence-electron chi connectivity index (χ1n) is 6.41. The number of fused-ring (bicyclic) bond motifs is 1. The van der Waals surface area contributed by atoms with Gasteiger partial charge in [-0.2, -0.15) is 0 Å². The summed E-state index contributed by atoms with van der Waals surface area (Å²) >= 11 is 0. The standard InChI is InChI=1S/C15H22O2/c1-9(2)11-5-6-15(4)12(7-11)10(3)13(16)8-14(15)17/h11-12,14,17H,1,3,5-8H2,2,4H3/t11?,12-,14+,15+/m0/s1. The molecule has 0 radical (unpaired) electrons. The number of carbonyl (C=O) groups is 1. The van der Waals surface area contributed by atoms with E-state index in [1.165, 1.54) is 5.57 Å². The van der Waals surface area contributed by atoms with Crippen LogP contribution in [0.1, 0.15) is 39.5 Å². The van der Waals surface area contributed by atoms with Crippen molar-refractivity contribution in [1.82, 2.24) is 0 Å². The minimum Gasteiger partial charge on any atom is -0.392 e. The van der Waals surface area contributed by atoms with E-state index < -0.39 is 6.10 Å². The largest absolute Gasteiger partial charge is 0.392 e. The van der Waals surface area contributed by atoms with Crippen LogP contribution >= 0.6 is 0 Å². The monoisotopic (exact) mass is 234 g/mol. The van der Waals surface area contributed by atoms with Crippen molar-refractivity contribution in [3.05, 3.63) is 24.3 Å². The summed E-state index contributed by atoms with van der Waals surface area (Å²) < 4.78 is 0. The van der Waals surface area contributed by atoms with Crippen LogP contribution in [0.2, 0.25) is 0 Å². The zero-order chi connectivity index (χ0) is 12.8. The van der Waals surface area contributed by atoms with Gasteiger partial charge in [-0.1, -0.05) is 25.7 Å². The molecule has 2 aliphatic rings. The molecule has 2 nitrogen and oxygen atoms in total. The van der Waals surface area contributed by atoms with Crippen LogP contribution in [0.4, 0.5) is 0 Å². The molecule has 94 valence electrons. The minimum absolute atomic E-state index is 0.0438. The number of carbonyl (C=O) groups excluding carboxylic acids is 1. The van der Waals surface area contributed by atoms with Crippen molar-refractivity contribution in [3.8, 4) is 0 Å². The Morgan fingerprint density at radius 2 is 2.18 bits per heavy atom. The Labute approximate surface area is 103 Å². The number of allylic oxidation sites excluding steroid dienone is 2. The third kappa shape index (κ3) is 1.89. The number of hydrogen-bond acceptors (Lipinski definition) is 2. The first-order valence-corrected chi connectivity index (χ1v) is 6.41. The molecule has 2 heteroatoms. The van der Waals surface area contributed by atoms with Gasteiger partial charge in [0.25, 0.3) is 0 Å². The molecule has 17 heavy (non-hydrogen) atoms. The summed E-state index contributed by atoms with van der Waals surface area (Å²) in [7, 11) is 0. The fourth-order valence-corrected chi connectivity index (χ4v) is 3.45. The summed E-state index contributed by atoms with van der Waals surface area (Å²) in [5, 5.41) is 10.2. The average molecular weight is 234 g/mol. The molecule has 0 bridgehead atoms. The highest BCUT2D eigenvalue weighted by Gasteiger charge is 2.50. The van der Waals surface area contributed by atoms with Gasteiger partial charge in [0.05, 0.1) is 6.10 Å². The Bertz CT molecular complexity index is 382. The Morgan fingerprint density at radius 1 is 1.53 bits per heavy atom. The number of Topliss-reactive ketones (excluding diaryl/α,β-unsaturated/α-hetero) is 1. The van der Waals surface area contributed by atoms with E-state index in [0.29, 0.717) is 5.92 Å². The average Bonchev–Trinajstić information content (AvgIpc) is 2.26. The molecular formula is C15H22O2. The molecule has 0 saturated heterocycles. The first kappa shape index (κ1) is 12.6. The maximum absolute atomic E-state index is 11.8. The summed E-state index contributed by atoms with van der Waals surface area (Å²) in [6.45, 7) is 12.1. The smallest absolute Gasteiger partial charge is 0.161 e. The molecule has 2 aliphatic carbocycles. The predicted molar refractivity (Wildman–Crippen MR) is 68.5 cm³/mol. The van der Waals surface area contributed by atoms with Crippen molar-refractivity contribution in [3.63, 3.8) is 0 Å². The van der Waals surface area contributed by atoms with Crippen molar-refractivity contribution in [2.24, 2.45) is 17.3 Å². The van der Waals surface area contributed by atoms with Crippen LogP contribution in [0, 0.1) is 17.3 Å². The highest BCUT2D eigenvalue weighted by Crippen LogP contribution is 2.53. The molecule has 1 N–H and O–H groups in total. The zero-order valence-electron chi connectivity index (χ0n) is 10.8. The molecule has 2 fully saturated rings. The van der Waals surface area contributed by atoms with Crippen LogP contribution in [-0.4, -0.2) is 17.0 Å². The van der Waals surface area contributed by atoms with Gasteiger partial charge in [-0.25, -0.2) is 0 Å². The molecule has 0 aliphatic heterocycles. The number of aliphatic hydroxyl groups excluding tert-OH is 1. The Balaban J connectivity index is 2.29.